The van der Waals surface area contributed by atoms with Crippen molar-refractivity contribution < 1.29 is 28.7 Å². The lowest BCUT2D eigenvalue weighted by Gasteiger charge is -2.10. The van der Waals surface area contributed by atoms with E-state index < -0.39 is 10.9 Å². The van der Waals surface area contributed by atoms with E-state index in [1.165, 1.54) is 37.5 Å². The van der Waals surface area contributed by atoms with Gasteiger partial charge in [0.05, 0.1) is 24.7 Å². The predicted octanol–water partition coefficient (Wildman–Crippen LogP) is 4.73. The number of carbonyl (C=O) groups is 2. The van der Waals surface area contributed by atoms with E-state index in [0.717, 1.165) is 6.07 Å². The molecule has 0 saturated heterocycles. The van der Waals surface area contributed by atoms with Gasteiger partial charge < -0.3 is 14.2 Å². The van der Waals surface area contributed by atoms with E-state index >= 15 is 0 Å². The molecule has 0 heterocycles. The fraction of sp³-hybridized carbons (Fsp3) is 0.0833. The first kappa shape index (κ1) is 22.2. The second-order valence-electron chi connectivity index (χ2n) is 6.53. The molecule has 0 unspecified atom stereocenters. The van der Waals surface area contributed by atoms with Crippen molar-refractivity contribution in [3.8, 4) is 17.2 Å². The second kappa shape index (κ2) is 10.0. The molecule has 3 aromatic rings. The molecule has 0 atom stereocenters. The highest BCUT2D eigenvalue weighted by Gasteiger charge is 2.16. The van der Waals surface area contributed by atoms with Crippen LogP contribution in [0.25, 0.3) is 6.08 Å². The number of hydrogen-bond donors (Lipinski definition) is 0. The Morgan fingerprint density at radius 2 is 1.62 bits per heavy atom. The van der Waals surface area contributed by atoms with Gasteiger partial charge in [0, 0.05) is 17.7 Å². The Kier molecular flexibility index (Phi) is 6.97. The Bertz CT molecular complexity index is 1180. The Balaban J connectivity index is 1.74. The number of rotatable bonds is 8. The van der Waals surface area contributed by atoms with E-state index in [1.54, 1.807) is 49.6 Å². The molecule has 0 aliphatic rings. The number of carbonyl (C=O) groups excluding carboxylic acids is 2. The highest BCUT2D eigenvalue weighted by atomic mass is 16.6. The van der Waals surface area contributed by atoms with Gasteiger partial charge in [-0.2, -0.15) is 0 Å². The van der Waals surface area contributed by atoms with Gasteiger partial charge in [0.25, 0.3) is 5.69 Å². The number of hydrogen-bond acceptors (Lipinski definition) is 7. The number of non-ortho nitro benzene ring substituents is 1. The van der Waals surface area contributed by atoms with Crippen LogP contribution in [0.1, 0.15) is 26.3 Å². The van der Waals surface area contributed by atoms with Crippen LogP contribution in [-0.4, -0.2) is 30.9 Å². The average molecular weight is 433 g/mol. The summed E-state index contributed by atoms with van der Waals surface area (Å²) in [4.78, 5) is 35.0. The van der Waals surface area contributed by atoms with Crippen molar-refractivity contribution in [3.63, 3.8) is 0 Å². The Morgan fingerprint density at radius 3 is 2.28 bits per heavy atom. The van der Waals surface area contributed by atoms with Gasteiger partial charge in [-0.25, -0.2) is 4.79 Å². The van der Waals surface area contributed by atoms with Gasteiger partial charge >= 0.3 is 5.97 Å². The molecular formula is C24H19NO7. The van der Waals surface area contributed by atoms with Crippen LogP contribution in [0.4, 0.5) is 5.69 Å². The number of ether oxygens (including phenoxy) is 3. The van der Waals surface area contributed by atoms with Crippen molar-refractivity contribution in [2.75, 3.05) is 14.2 Å². The van der Waals surface area contributed by atoms with Crippen molar-refractivity contribution in [1.82, 2.24) is 0 Å². The molecule has 8 nitrogen and oxygen atoms in total. The van der Waals surface area contributed by atoms with Crippen molar-refractivity contribution in [1.29, 1.82) is 0 Å². The summed E-state index contributed by atoms with van der Waals surface area (Å²) in [7, 11) is 2.96. The predicted molar refractivity (Wildman–Crippen MR) is 117 cm³/mol. The molecule has 0 aromatic heterocycles. The van der Waals surface area contributed by atoms with Crippen LogP contribution in [-0.2, 0) is 0 Å². The number of methoxy groups -OCH3 is 2. The summed E-state index contributed by atoms with van der Waals surface area (Å²) < 4.78 is 15.7. The zero-order valence-corrected chi connectivity index (χ0v) is 17.3. The maximum Gasteiger partial charge on any atom is 0.343 e. The van der Waals surface area contributed by atoms with E-state index in [2.05, 4.69) is 0 Å². The molecule has 8 heteroatoms. The highest BCUT2D eigenvalue weighted by molar-refractivity contribution is 6.06. The molecule has 0 spiro atoms. The van der Waals surface area contributed by atoms with Gasteiger partial charge in [-0.15, -0.1) is 0 Å². The molecule has 0 amide bonds. The molecule has 3 rings (SSSR count). The van der Waals surface area contributed by atoms with Crippen LogP contribution in [0, 0.1) is 10.1 Å². The summed E-state index contributed by atoms with van der Waals surface area (Å²) in [5, 5.41) is 10.9. The summed E-state index contributed by atoms with van der Waals surface area (Å²) in [5.74, 6) is 0.119. The number of nitro benzene ring substituents is 1. The number of esters is 1. The molecule has 0 radical (unpaired) electrons. The van der Waals surface area contributed by atoms with Gasteiger partial charge in [0.15, 0.2) is 17.3 Å². The average Bonchev–Trinajstić information content (AvgIpc) is 2.83. The van der Waals surface area contributed by atoms with Crippen LogP contribution in [0.2, 0.25) is 0 Å². The molecule has 162 valence electrons. The number of nitrogens with zero attached hydrogens (tertiary/aromatic N) is 1. The fourth-order valence-corrected chi connectivity index (χ4v) is 2.80. The molecule has 0 N–H and O–H groups in total. The Hall–Kier alpha value is -4.46. The first-order valence-electron chi connectivity index (χ1n) is 9.42. The van der Waals surface area contributed by atoms with Crippen molar-refractivity contribution >= 4 is 23.5 Å². The second-order valence-corrected chi connectivity index (χ2v) is 6.53. The number of allylic oxidation sites excluding steroid dienone is 1. The van der Waals surface area contributed by atoms with Gasteiger partial charge in [-0.1, -0.05) is 18.2 Å². The molecular weight excluding hydrogens is 414 g/mol. The highest BCUT2D eigenvalue weighted by Crippen LogP contribution is 2.29. The largest absolute Gasteiger partial charge is 0.497 e. The Morgan fingerprint density at radius 1 is 0.875 bits per heavy atom. The van der Waals surface area contributed by atoms with Crippen molar-refractivity contribution in [2.24, 2.45) is 0 Å². The molecule has 0 aliphatic carbocycles. The minimum atomic E-state index is -0.759. The molecule has 0 fully saturated rings. The van der Waals surface area contributed by atoms with Gasteiger partial charge in [0.2, 0.25) is 0 Å². The minimum Gasteiger partial charge on any atom is -0.497 e. The van der Waals surface area contributed by atoms with Crippen LogP contribution in [0.5, 0.6) is 17.2 Å². The van der Waals surface area contributed by atoms with E-state index in [4.69, 9.17) is 14.2 Å². The lowest BCUT2D eigenvalue weighted by molar-refractivity contribution is -0.384. The molecule has 0 aliphatic heterocycles. The van der Waals surface area contributed by atoms with E-state index in [-0.39, 0.29) is 28.5 Å². The van der Waals surface area contributed by atoms with Crippen LogP contribution < -0.4 is 14.2 Å². The summed E-state index contributed by atoms with van der Waals surface area (Å²) in [6.07, 6.45) is 3.03. The maximum atomic E-state index is 12.4. The molecule has 3 aromatic carbocycles. The summed E-state index contributed by atoms with van der Waals surface area (Å²) in [6.45, 7) is 0. The van der Waals surface area contributed by atoms with Gasteiger partial charge in [-0.3, -0.25) is 14.9 Å². The lowest BCUT2D eigenvalue weighted by Crippen LogP contribution is -2.09. The normalized spacial score (nSPS) is 10.6. The first-order chi connectivity index (χ1) is 15.4. The summed E-state index contributed by atoms with van der Waals surface area (Å²) in [5.41, 5.74) is 0.985. The van der Waals surface area contributed by atoms with E-state index in [0.29, 0.717) is 16.9 Å². The standard InChI is InChI=1S/C24H19NO7/c1-30-20-10-8-17(9-11-20)21(26)12-6-16-7-13-22(23(14-16)31-2)32-24(27)18-4-3-5-19(15-18)25(28)29/h3-15H,1-2H3. The zero-order chi connectivity index (χ0) is 23.1. The number of benzene rings is 3. The molecule has 0 bridgehead atoms. The van der Waals surface area contributed by atoms with E-state index in [1.807, 2.05) is 0 Å². The monoisotopic (exact) mass is 433 g/mol. The number of nitro groups is 1. The number of ketones is 1. The third-order valence-electron chi connectivity index (χ3n) is 4.48. The quantitative estimate of drug-likeness (QED) is 0.126. The topological polar surface area (TPSA) is 105 Å². The van der Waals surface area contributed by atoms with Crippen LogP contribution in [0.15, 0.2) is 72.8 Å². The summed E-state index contributed by atoms with van der Waals surface area (Å²) in [6, 6.07) is 16.8. The van der Waals surface area contributed by atoms with Crippen molar-refractivity contribution in [3.05, 3.63) is 99.6 Å². The smallest absolute Gasteiger partial charge is 0.343 e. The van der Waals surface area contributed by atoms with Gasteiger partial charge in [0.1, 0.15) is 5.75 Å². The SMILES string of the molecule is COc1ccc(C(=O)C=Cc2ccc(OC(=O)c3cccc([N+](=O)[O-])c3)c(OC)c2)cc1. The molecule has 0 saturated carbocycles. The third kappa shape index (κ3) is 5.37. The zero-order valence-electron chi connectivity index (χ0n) is 17.3. The minimum absolute atomic E-state index is 0.0373. The van der Waals surface area contributed by atoms with Crippen LogP contribution in [0.3, 0.4) is 0 Å². The van der Waals surface area contributed by atoms with Crippen LogP contribution >= 0.6 is 0 Å². The fourth-order valence-electron chi connectivity index (χ4n) is 2.80. The maximum absolute atomic E-state index is 12.4. The lowest BCUT2D eigenvalue weighted by atomic mass is 10.1. The Labute approximate surface area is 183 Å². The third-order valence-corrected chi connectivity index (χ3v) is 4.48. The first-order valence-corrected chi connectivity index (χ1v) is 9.42. The van der Waals surface area contributed by atoms with E-state index in [9.17, 15) is 19.7 Å². The van der Waals surface area contributed by atoms with Crippen molar-refractivity contribution in [2.45, 2.75) is 0 Å². The summed E-state index contributed by atoms with van der Waals surface area (Å²) >= 11 is 0. The van der Waals surface area contributed by atoms with Gasteiger partial charge in [-0.05, 0) is 54.1 Å². The molecule has 32 heavy (non-hydrogen) atoms.